The molecular weight excluding hydrogens is 274 g/mol. The molecule has 2 rings (SSSR count). The summed E-state index contributed by atoms with van der Waals surface area (Å²) in [5.74, 6) is 0. The number of aryl methyl sites for hydroxylation is 1. The van der Waals surface area contributed by atoms with E-state index < -0.39 is 10.0 Å². The minimum absolute atomic E-state index is 0.100. The van der Waals surface area contributed by atoms with Crippen molar-refractivity contribution in [2.45, 2.75) is 25.0 Å². The third-order valence-corrected chi connectivity index (χ3v) is 4.38. The second-order valence-electron chi connectivity index (χ2n) is 4.62. The van der Waals surface area contributed by atoms with Crippen molar-refractivity contribution in [3.8, 4) is 0 Å². The molecule has 0 heterocycles. The molecule has 0 saturated carbocycles. The molecular formula is C15H17NO3S. The first-order chi connectivity index (χ1) is 9.51. The Balaban J connectivity index is 2.10. The van der Waals surface area contributed by atoms with Gasteiger partial charge in [0.1, 0.15) is 0 Å². The summed E-state index contributed by atoms with van der Waals surface area (Å²) < 4.78 is 26.8. The monoisotopic (exact) mass is 291 g/mol. The van der Waals surface area contributed by atoms with E-state index in [0.717, 1.165) is 11.1 Å². The van der Waals surface area contributed by atoms with Crippen LogP contribution in [0, 0.1) is 6.92 Å². The van der Waals surface area contributed by atoms with Crippen molar-refractivity contribution in [3.05, 3.63) is 65.2 Å². The van der Waals surface area contributed by atoms with Crippen molar-refractivity contribution in [1.29, 1.82) is 0 Å². The minimum Gasteiger partial charge on any atom is -0.392 e. The van der Waals surface area contributed by atoms with E-state index in [-0.39, 0.29) is 18.0 Å². The van der Waals surface area contributed by atoms with E-state index in [4.69, 9.17) is 5.11 Å². The first-order valence-electron chi connectivity index (χ1n) is 6.26. The molecule has 4 nitrogen and oxygen atoms in total. The van der Waals surface area contributed by atoms with E-state index in [1.165, 1.54) is 12.1 Å². The van der Waals surface area contributed by atoms with Gasteiger partial charge in [-0.15, -0.1) is 0 Å². The summed E-state index contributed by atoms with van der Waals surface area (Å²) in [5.41, 5.74) is 2.69. The number of rotatable bonds is 5. The molecule has 0 atom stereocenters. The molecule has 0 aromatic heterocycles. The average Bonchev–Trinajstić information content (AvgIpc) is 2.45. The van der Waals surface area contributed by atoms with Gasteiger partial charge in [-0.25, -0.2) is 13.1 Å². The van der Waals surface area contributed by atoms with Crippen LogP contribution in [0.3, 0.4) is 0 Å². The molecule has 0 saturated heterocycles. The highest BCUT2D eigenvalue weighted by Crippen LogP contribution is 2.12. The highest BCUT2D eigenvalue weighted by atomic mass is 32.2. The Kier molecular flexibility index (Phi) is 4.54. The standard InChI is InChI=1S/C15H17NO3S/c1-12-3-2-4-14(9-12)10-16-20(18,19)15-7-5-13(11-17)6-8-15/h2-9,16-17H,10-11H2,1H3. The van der Waals surface area contributed by atoms with Crippen molar-refractivity contribution in [3.63, 3.8) is 0 Å². The number of hydrogen-bond donors (Lipinski definition) is 2. The Morgan fingerprint density at radius 1 is 1.05 bits per heavy atom. The van der Waals surface area contributed by atoms with Gasteiger partial charge in [-0.2, -0.15) is 0 Å². The molecule has 0 aliphatic carbocycles. The fourth-order valence-electron chi connectivity index (χ4n) is 1.86. The molecule has 0 fully saturated rings. The van der Waals surface area contributed by atoms with Crippen LogP contribution in [0.4, 0.5) is 0 Å². The average molecular weight is 291 g/mol. The third-order valence-electron chi connectivity index (χ3n) is 2.97. The van der Waals surface area contributed by atoms with Gasteiger partial charge in [0.2, 0.25) is 10.0 Å². The van der Waals surface area contributed by atoms with E-state index in [1.54, 1.807) is 12.1 Å². The van der Waals surface area contributed by atoms with Crippen LogP contribution < -0.4 is 4.72 Å². The normalized spacial score (nSPS) is 11.5. The molecule has 0 unspecified atom stereocenters. The molecule has 0 spiro atoms. The number of hydrogen-bond acceptors (Lipinski definition) is 3. The molecule has 5 heteroatoms. The minimum atomic E-state index is -3.53. The van der Waals surface area contributed by atoms with Gasteiger partial charge in [-0.3, -0.25) is 0 Å². The largest absolute Gasteiger partial charge is 0.392 e. The second-order valence-corrected chi connectivity index (χ2v) is 6.38. The van der Waals surface area contributed by atoms with Crippen LogP contribution in [-0.2, 0) is 23.2 Å². The highest BCUT2D eigenvalue weighted by molar-refractivity contribution is 7.89. The van der Waals surface area contributed by atoms with E-state index in [9.17, 15) is 8.42 Å². The summed E-state index contributed by atoms with van der Waals surface area (Å²) in [4.78, 5) is 0.197. The molecule has 0 bridgehead atoms. The van der Waals surface area contributed by atoms with Crippen LogP contribution in [0.5, 0.6) is 0 Å². The van der Waals surface area contributed by atoms with Crippen molar-refractivity contribution >= 4 is 10.0 Å². The highest BCUT2D eigenvalue weighted by Gasteiger charge is 2.13. The summed E-state index contributed by atoms with van der Waals surface area (Å²) in [6.07, 6.45) is 0. The maximum absolute atomic E-state index is 12.1. The Morgan fingerprint density at radius 3 is 2.35 bits per heavy atom. The predicted octanol–water partition coefficient (Wildman–Crippen LogP) is 1.97. The first kappa shape index (κ1) is 14.7. The van der Waals surface area contributed by atoms with E-state index in [2.05, 4.69) is 4.72 Å². The molecule has 2 aromatic rings. The lowest BCUT2D eigenvalue weighted by Crippen LogP contribution is -2.23. The Labute approximate surface area is 119 Å². The first-order valence-corrected chi connectivity index (χ1v) is 7.74. The third kappa shape index (κ3) is 3.66. The van der Waals surface area contributed by atoms with Crippen LogP contribution in [-0.4, -0.2) is 13.5 Å². The van der Waals surface area contributed by atoms with E-state index in [0.29, 0.717) is 5.56 Å². The maximum atomic E-state index is 12.1. The molecule has 0 radical (unpaired) electrons. The lowest BCUT2D eigenvalue weighted by Gasteiger charge is -2.08. The van der Waals surface area contributed by atoms with Crippen LogP contribution in [0.15, 0.2) is 53.4 Å². The topological polar surface area (TPSA) is 66.4 Å². The van der Waals surface area contributed by atoms with Gasteiger partial charge >= 0.3 is 0 Å². The molecule has 106 valence electrons. The lowest BCUT2D eigenvalue weighted by molar-refractivity contribution is 0.282. The molecule has 0 aliphatic heterocycles. The molecule has 2 aromatic carbocycles. The smallest absolute Gasteiger partial charge is 0.240 e. The molecule has 0 amide bonds. The van der Waals surface area contributed by atoms with Crippen LogP contribution >= 0.6 is 0 Å². The van der Waals surface area contributed by atoms with Crippen molar-refractivity contribution in [2.75, 3.05) is 0 Å². The summed E-state index contributed by atoms with van der Waals surface area (Å²) in [7, 11) is -3.53. The summed E-state index contributed by atoms with van der Waals surface area (Å²) in [6.45, 7) is 2.12. The zero-order chi connectivity index (χ0) is 14.6. The predicted molar refractivity (Wildman–Crippen MR) is 77.6 cm³/mol. The Hall–Kier alpha value is -1.69. The molecule has 0 aliphatic rings. The lowest BCUT2D eigenvalue weighted by atomic mass is 10.1. The number of sulfonamides is 1. The number of aliphatic hydroxyl groups excluding tert-OH is 1. The van der Waals surface area contributed by atoms with Crippen LogP contribution in [0.1, 0.15) is 16.7 Å². The van der Waals surface area contributed by atoms with Gasteiger partial charge in [0.15, 0.2) is 0 Å². The summed E-state index contributed by atoms with van der Waals surface area (Å²) in [5, 5.41) is 8.94. The summed E-state index contributed by atoms with van der Waals surface area (Å²) >= 11 is 0. The van der Waals surface area contributed by atoms with Crippen molar-refractivity contribution in [1.82, 2.24) is 4.72 Å². The Morgan fingerprint density at radius 2 is 1.75 bits per heavy atom. The van der Waals surface area contributed by atoms with Crippen LogP contribution in [0.25, 0.3) is 0 Å². The zero-order valence-corrected chi connectivity index (χ0v) is 12.0. The van der Waals surface area contributed by atoms with Gasteiger partial charge < -0.3 is 5.11 Å². The maximum Gasteiger partial charge on any atom is 0.240 e. The second kappa shape index (κ2) is 6.17. The van der Waals surface area contributed by atoms with Gasteiger partial charge in [-0.05, 0) is 30.2 Å². The number of nitrogens with one attached hydrogen (secondary N) is 1. The number of benzene rings is 2. The quantitative estimate of drug-likeness (QED) is 0.885. The van der Waals surface area contributed by atoms with Gasteiger partial charge in [0.05, 0.1) is 11.5 Å². The number of aliphatic hydroxyl groups is 1. The van der Waals surface area contributed by atoms with Crippen LogP contribution in [0.2, 0.25) is 0 Å². The van der Waals surface area contributed by atoms with Gasteiger partial charge in [-0.1, -0.05) is 42.0 Å². The summed E-state index contributed by atoms with van der Waals surface area (Å²) in [6, 6.07) is 13.9. The molecule has 20 heavy (non-hydrogen) atoms. The SMILES string of the molecule is Cc1cccc(CNS(=O)(=O)c2ccc(CO)cc2)c1. The fourth-order valence-corrected chi connectivity index (χ4v) is 2.88. The van der Waals surface area contributed by atoms with Gasteiger partial charge in [0, 0.05) is 6.54 Å². The van der Waals surface area contributed by atoms with Gasteiger partial charge in [0.25, 0.3) is 0 Å². The van der Waals surface area contributed by atoms with Crippen molar-refractivity contribution in [2.24, 2.45) is 0 Å². The van der Waals surface area contributed by atoms with E-state index >= 15 is 0 Å². The molecule has 2 N–H and O–H groups in total. The van der Waals surface area contributed by atoms with E-state index in [1.807, 2.05) is 31.2 Å². The fraction of sp³-hybridized carbons (Fsp3) is 0.200. The van der Waals surface area contributed by atoms with Crippen molar-refractivity contribution < 1.29 is 13.5 Å². The zero-order valence-electron chi connectivity index (χ0n) is 11.2. The Bertz CT molecular complexity index is 679.